The van der Waals surface area contributed by atoms with Crippen LogP contribution in [0.15, 0.2) is 76.5 Å². The van der Waals surface area contributed by atoms with Gasteiger partial charge < -0.3 is 9.84 Å². The van der Waals surface area contributed by atoms with Crippen LogP contribution in [0.5, 0.6) is 5.75 Å². The van der Waals surface area contributed by atoms with Crippen molar-refractivity contribution in [3.05, 3.63) is 89.2 Å². The van der Waals surface area contributed by atoms with Gasteiger partial charge in [-0.3, -0.25) is 4.79 Å². The molecule has 0 bridgehead atoms. The standard InChI is InChI=1S/C22H19FO3S.C2H6/c1-15-2-9-19(10-3-15)27-21-11-6-17(14-20(21)23)22(25)16-4-7-18(8-5-16)26-13-12-24;1-2/h2-11,14,24H,12-13H2,1H3;1-2H3. The van der Waals surface area contributed by atoms with Crippen molar-refractivity contribution in [2.75, 3.05) is 13.2 Å². The van der Waals surface area contributed by atoms with Crippen LogP contribution >= 0.6 is 11.8 Å². The number of benzene rings is 3. The van der Waals surface area contributed by atoms with Crippen molar-refractivity contribution in [2.45, 2.75) is 30.6 Å². The van der Waals surface area contributed by atoms with Crippen LogP contribution < -0.4 is 4.74 Å². The molecular weight excluding hydrogens is 387 g/mol. The molecule has 0 saturated heterocycles. The van der Waals surface area contributed by atoms with Gasteiger partial charge in [-0.05, 0) is 61.5 Å². The lowest BCUT2D eigenvalue weighted by Crippen LogP contribution is -2.04. The Morgan fingerprint density at radius 1 is 0.966 bits per heavy atom. The molecule has 3 rings (SSSR count). The van der Waals surface area contributed by atoms with E-state index in [4.69, 9.17) is 9.84 Å². The number of ether oxygens (including phenoxy) is 1. The van der Waals surface area contributed by atoms with Gasteiger partial charge in [-0.2, -0.15) is 0 Å². The second-order valence-corrected chi connectivity index (χ2v) is 7.10. The van der Waals surface area contributed by atoms with E-state index in [0.717, 1.165) is 10.5 Å². The van der Waals surface area contributed by atoms with Crippen molar-refractivity contribution in [3.63, 3.8) is 0 Å². The summed E-state index contributed by atoms with van der Waals surface area (Å²) in [4.78, 5) is 14.0. The molecule has 3 nitrogen and oxygen atoms in total. The number of ketones is 1. The lowest BCUT2D eigenvalue weighted by atomic mass is 10.0. The van der Waals surface area contributed by atoms with E-state index in [1.807, 2.05) is 45.0 Å². The van der Waals surface area contributed by atoms with Gasteiger partial charge in [-0.25, -0.2) is 4.39 Å². The van der Waals surface area contributed by atoms with Gasteiger partial charge in [0.05, 0.1) is 6.61 Å². The van der Waals surface area contributed by atoms with Gasteiger partial charge in [0.25, 0.3) is 0 Å². The molecule has 0 aromatic heterocycles. The van der Waals surface area contributed by atoms with Crippen molar-refractivity contribution in [2.24, 2.45) is 0 Å². The zero-order chi connectivity index (χ0) is 21.2. The highest BCUT2D eigenvalue weighted by molar-refractivity contribution is 7.99. The average molecular weight is 413 g/mol. The average Bonchev–Trinajstić information content (AvgIpc) is 2.76. The number of aliphatic hydroxyl groups excluding tert-OH is 1. The molecule has 1 N–H and O–H groups in total. The topological polar surface area (TPSA) is 46.5 Å². The van der Waals surface area contributed by atoms with Gasteiger partial charge in [0, 0.05) is 20.9 Å². The molecule has 3 aromatic rings. The Labute approximate surface area is 175 Å². The highest BCUT2D eigenvalue weighted by Gasteiger charge is 2.13. The maximum absolute atomic E-state index is 14.5. The first-order chi connectivity index (χ1) is 14.1. The van der Waals surface area contributed by atoms with Gasteiger partial charge >= 0.3 is 0 Å². The van der Waals surface area contributed by atoms with E-state index in [0.29, 0.717) is 21.8 Å². The SMILES string of the molecule is CC.Cc1ccc(Sc2ccc(C(=O)c3ccc(OCCO)cc3)cc2F)cc1. The Bertz CT molecular complexity index is 922. The molecule has 0 amide bonds. The third-order valence-electron chi connectivity index (χ3n) is 3.92. The third kappa shape index (κ3) is 6.44. The monoisotopic (exact) mass is 412 g/mol. The molecule has 0 aliphatic rings. The van der Waals surface area contributed by atoms with Crippen molar-refractivity contribution >= 4 is 17.5 Å². The largest absolute Gasteiger partial charge is 0.491 e. The summed E-state index contributed by atoms with van der Waals surface area (Å²) in [7, 11) is 0. The van der Waals surface area contributed by atoms with Crippen LogP contribution in [-0.4, -0.2) is 24.1 Å². The molecule has 0 fully saturated rings. The minimum Gasteiger partial charge on any atom is -0.491 e. The number of aliphatic hydroxyl groups is 1. The van der Waals surface area contributed by atoms with E-state index in [9.17, 15) is 9.18 Å². The Hall–Kier alpha value is -2.63. The lowest BCUT2D eigenvalue weighted by molar-refractivity contribution is 0.103. The highest BCUT2D eigenvalue weighted by Crippen LogP contribution is 2.30. The Balaban J connectivity index is 0.00000145. The Morgan fingerprint density at radius 2 is 1.59 bits per heavy atom. The Morgan fingerprint density at radius 3 is 2.17 bits per heavy atom. The van der Waals surface area contributed by atoms with E-state index in [-0.39, 0.29) is 19.0 Å². The van der Waals surface area contributed by atoms with Crippen molar-refractivity contribution < 1.29 is 19.0 Å². The Kier molecular flexibility index (Phi) is 8.90. The molecule has 0 aliphatic heterocycles. The van der Waals surface area contributed by atoms with Crippen LogP contribution in [0.3, 0.4) is 0 Å². The zero-order valence-corrected chi connectivity index (χ0v) is 17.6. The summed E-state index contributed by atoms with van der Waals surface area (Å²) in [5.74, 6) is -0.111. The molecule has 152 valence electrons. The maximum atomic E-state index is 14.5. The molecule has 0 aliphatic carbocycles. The fourth-order valence-corrected chi connectivity index (χ4v) is 3.31. The van der Waals surface area contributed by atoms with Gasteiger partial charge in [0.1, 0.15) is 18.2 Å². The molecule has 3 aromatic carbocycles. The summed E-state index contributed by atoms with van der Waals surface area (Å²) >= 11 is 1.33. The van der Waals surface area contributed by atoms with E-state index in [1.165, 1.54) is 17.8 Å². The molecule has 0 heterocycles. The number of rotatable bonds is 7. The summed E-state index contributed by atoms with van der Waals surface area (Å²) in [5, 5.41) is 8.76. The smallest absolute Gasteiger partial charge is 0.193 e. The van der Waals surface area contributed by atoms with Crippen LogP contribution in [-0.2, 0) is 0 Å². The predicted octanol–water partition coefficient (Wildman–Crippen LogP) is 5.91. The first-order valence-electron chi connectivity index (χ1n) is 9.49. The van der Waals surface area contributed by atoms with Crippen LogP contribution in [0.2, 0.25) is 0 Å². The normalized spacial score (nSPS) is 10.1. The summed E-state index contributed by atoms with van der Waals surface area (Å²) in [6.07, 6.45) is 0. The quantitative estimate of drug-likeness (QED) is 0.490. The zero-order valence-electron chi connectivity index (χ0n) is 16.8. The van der Waals surface area contributed by atoms with Crippen molar-refractivity contribution in [3.8, 4) is 5.75 Å². The van der Waals surface area contributed by atoms with Gasteiger partial charge in [-0.15, -0.1) is 0 Å². The van der Waals surface area contributed by atoms with Gasteiger partial charge in [-0.1, -0.05) is 43.3 Å². The number of hydrogen-bond donors (Lipinski definition) is 1. The second kappa shape index (κ2) is 11.4. The summed E-state index contributed by atoms with van der Waals surface area (Å²) in [5.41, 5.74) is 1.89. The van der Waals surface area contributed by atoms with E-state index in [2.05, 4.69) is 0 Å². The number of carbonyl (C=O) groups is 1. The molecule has 0 saturated carbocycles. The number of hydrogen-bond acceptors (Lipinski definition) is 4. The van der Waals surface area contributed by atoms with Crippen LogP contribution in [0.1, 0.15) is 35.3 Å². The van der Waals surface area contributed by atoms with Crippen LogP contribution in [0.4, 0.5) is 4.39 Å². The molecular formula is C24H25FO3S. The maximum Gasteiger partial charge on any atom is 0.193 e. The van der Waals surface area contributed by atoms with Crippen molar-refractivity contribution in [1.82, 2.24) is 0 Å². The lowest BCUT2D eigenvalue weighted by Gasteiger charge is -2.08. The predicted molar refractivity (Wildman–Crippen MR) is 116 cm³/mol. The number of carbonyl (C=O) groups excluding carboxylic acids is 1. The fraction of sp³-hybridized carbons (Fsp3) is 0.208. The number of halogens is 1. The summed E-state index contributed by atoms with van der Waals surface area (Å²) in [6, 6.07) is 18.9. The minimum absolute atomic E-state index is 0.0765. The summed E-state index contributed by atoms with van der Waals surface area (Å²) < 4.78 is 19.7. The van der Waals surface area contributed by atoms with E-state index >= 15 is 0 Å². The molecule has 0 atom stereocenters. The summed E-state index contributed by atoms with van der Waals surface area (Å²) in [6.45, 7) is 6.12. The molecule has 5 heteroatoms. The van der Waals surface area contributed by atoms with Crippen LogP contribution in [0.25, 0.3) is 0 Å². The molecule has 0 spiro atoms. The van der Waals surface area contributed by atoms with Crippen molar-refractivity contribution in [1.29, 1.82) is 0 Å². The number of aryl methyl sites for hydroxylation is 1. The van der Waals surface area contributed by atoms with Gasteiger partial charge in [0.15, 0.2) is 5.78 Å². The first-order valence-corrected chi connectivity index (χ1v) is 10.3. The van der Waals surface area contributed by atoms with Crippen LogP contribution in [0, 0.1) is 12.7 Å². The molecule has 0 radical (unpaired) electrons. The highest BCUT2D eigenvalue weighted by atomic mass is 32.2. The van der Waals surface area contributed by atoms with E-state index in [1.54, 1.807) is 36.4 Å². The fourth-order valence-electron chi connectivity index (χ4n) is 2.49. The minimum atomic E-state index is -0.422. The molecule has 0 unspecified atom stereocenters. The first kappa shape index (κ1) is 22.7. The van der Waals surface area contributed by atoms with Gasteiger partial charge in [0.2, 0.25) is 0 Å². The van der Waals surface area contributed by atoms with E-state index < -0.39 is 5.82 Å². The molecule has 29 heavy (non-hydrogen) atoms. The third-order valence-corrected chi connectivity index (χ3v) is 4.98. The second-order valence-electron chi connectivity index (χ2n) is 5.99.